The summed E-state index contributed by atoms with van der Waals surface area (Å²) in [5.41, 5.74) is 0. The van der Waals surface area contributed by atoms with Crippen molar-refractivity contribution in [2.24, 2.45) is 0 Å². The predicted octanol–water partition coefficient (Wildman–Crippen LogP) is -0.512. The van der Waals surface area contributed by atoms with Crippen LogP contribution in [0.25, 0.3) is 0 Å². The van der Waals surface area contributed by atoms with E-state index < -0.39 is 10.0 Å². The van der Waals surface area contributed by atoms with Crippen molar-refractivity contribution in [3.8, 4) is 0 Å². The molecule has 1 aromatic rings. The van der Waals surface area contributed by atoms with E-state index in [-0.39, 0.29) is 17.0 Å². The fraction of sp³-hybridized carbons (Fsp3) is 0.714. The Hall–Kier alpha value is -1.45. The number of piperidine rings is 1. The molecule has 0 spiro atoms. The average Bonchev–Trinajstić information content (AvgIpc) is 3.05. The molecule has 1 amide bonds. The Balaban J connectivity index is 1.79. The number of piperazine rings is 1. The number of nitrogens with zero attached hydrogens (tertiary/aromatic N) is 4. The minimum Gasteiger partial charge on any atom is -0.336 e. The molecule has 1 unspecified atom stereocenters. The summed E-state index contributed by atoms with van der Waals surface area (Å²) in [6, 6.07) is 1.50. The largest absolute Gasteiger partial charge is 0.336 e. The van der Waals surface area contributed by atoms with Gasteiger partial charge in [0.2, 0.25) is 5.91 Å². The van der Waals surface area contributed by atoms with Crippen LogP contribution < -0.4 is 5.32 Å². The number of hydrogen-bond acceptors (Lipinski definition) is 5. The number of carbonyl (C=O) groups excluding carboxylic acids is 1. The van der Waals surface area contributed by atoms with Gasteiger partial charge in [0.15, 0.2) is 5.03 Å². The maximum Gasteiger partial charge on any atom is 0.260 e. The number of nitrogens with one attached hydrogen (secondary N) is 1. The van der Waals surface area contributed by atoms with E-state index in [9.17, 15) is 13.2 Å². The van der Waals surface area contributed by atoms with Gasteiger partial charge >= 0.3 is 0 Å². The van der Waals surface area contributed by atoms with E-state index in [1.165, 1.54) is 15.2 Å². The number of carbonyl (C=O) groups is 1. The highest BCUT2D eigenvalue weighted by Gasteiger charge is 2.36. The van der Waals surface area contributed by atoms with Crippen LogP contribution in [0.1, 0.15) is 19.8 Å². The third-order valence-electron chi connectivity index (χ3n) is 4.51. The Labute approximate surface area is 136 Å². The molecule has 1 aromatic heterocycles. The van der Waals surface area contributed by atoms with E-state index in [0.717, 1.165) is 19.4 Å². The molecular weight excluding hydrogens is 318 g/mol. The van der Waals surface area contributed by atoms with Crippen molar-refractivity contribution in [2.45, 2.75) is 37.4 Å². The molecule has 1 atom stereocenters. The summed E-state index contributed by atoms with van der Waals surface area (Å²) in [4.78, 5) is 13.9. The molecule has 2 fully saturated rings. The molecule has 2 saturated heterocycles. The lowest BCUT2D eigenvalue weighted by Gasteiger charge is -2.40. The quantitative estimate of drug-likeness (QED) is 0.797. The fourth-order valence-corrected chi connectivity index (χ4v) is 4.99. The maximum absolute atomic E-state index is 12.9. The smallest absolute Gasteiger partial charge is 0.260 e. The Bertz CT molecular complexity index is 672. The normalized spacial score (nSPS) is 24.1. The van der Waals surface area contributed by atoms with Crippen LogP contribution in [-0.4, -0.2) is 72.1 Å². The molecule has 1 N–H and O–H groups in total. The Morgan fingerprint density at radius 3 is 2.96 bits per heavy atom. The number of aryl methyl sites for hydroxylation is 1. The highest BCUT2D eigenvalue weighted by Crippen LogP contribution is 2.23. The Kier molecular flexibility index (Phi) is 4.69. The van der Waals surface area contributed by atoms with Gasteiger partial charge in [-0.25, -0.2) is 8.42 Å². The minimum atomic E-state index is -3.57. The SMILES string of the molecule is CCn1nccc1S(=O)(=O)N1CCCC(N2CCNCC2=O)C1. The lowest BCUT2D eigenvalue weighted by molar-refractivity contribution is -0.135. The van der Waals surface area contributed by atoms with Gasteiger partial charge in [-0.15, -0.1) is 0 Å². The van der Waals surface area contributed by atoms with E-state index in [2.05, 4.69) is 10.4 Å². The van der Waals surface area contributed by atoms with E-state index in [4.69, 9.17) is 0 Å². The summed E-state index contributed by atoms with van der Waals surface area (Å²) in [5, 5.41) is 7.33. The van der Waals surface area contributed by atoms with E-state index in [1.807, 2.05) is 11.8 Å². The lowest BCUT2D eigenvalue weighted by Crippen LogP contribution is -2.57. The number of amides is 1. The van der Waals surface area contributed by atoms with Crippen LogP contribution in [0.2, 0.25) is 0 Å². The van der Waals surface area contributed by atoms with E-state index in [0.29, 0.717) is 32.7 Å². The maximum atomic E-state index is 12.9. The zero-order chi connectivity index (χ0) is 16.4. The number of sulfonamides is 1. The fourth-order valence-electron chi connectivity index (χ4n) is 3.31. The van der Waals surface area contributed by atoms with Gasteiger partial charge in [0.25, 0.3) is 10.0 Å². The highest BCUT2D eigenvalue weighted by molar-refractivity contribution is 7.89. The van der Waals surface area contributed by atoms with Crippen molar-refractivity contribution in [3.63, 3.8) is 0 Å². The van der Waals surface area contributed by atoms with Crippen molar-refractivity contribution in [2.75, 3.05) is 32.7 Å². The van der Waals surface area contributed by atoms with E-state index in [1.54, 1.807) is 6.07 Å². The van der Waals surface area contributed by atoms with Crippen LogP contribution in [0.4, 0.5) is 0 Å². The summed E-state index contributed by atoms with van der Waals surface area (Å²) in [7, 11) is -3.57. The van der Waals surface area contributed by atoms with Gasteiger partial charge < -0.3 is 10.2 Å². The molecule has 3 rings (SSSR count). The van der Waals surface area contributed by atoms with Crippen molar-refractivity contribution >= 4 is 15.9 Å². The van der Waals surface area contributed by atoms with Crippen LogP contribution in [0.3, 0.4) is 0 Å². The zero-order valence-corrected chi connectivity index (χ0v) is 14.1. The average molecular weight is 341 g/mol. The number of aromatic nitrogens is 2. The molecule has 0 aromatic carbocycles. The van der Waals surface area contributed by atoms with Crippen LogP contribution in [0.5, 0.6) is 0 Å². The monoisotopic (exact) mass is 341 g/mol. The molecule has 3 heterocycles. The molecule has 23 heavy (non-hydrogen) atoms. The van der Waals surface area contributed by atoms with Gasteiger partial charge in [-0.1, -0.05) is 0 Å². The first-order valence-electron chi connectivity index (χ1n) is 8.06. The van der Waals surface area contributed by atoms with Crippen LogP contribution in [-0.2, 0) is 21.4 Å². The van der Waals surface area contributed by atoms with Gasteiger partial charge in [0.1, 0.15) is 0 Å². The van der Waals surface area contributed by atoms with Crippen molar-refractivity contribution in [1.29, 1.82) is 0 Å². The summed E-state index contributed by atoms with van der Waals surface area (Å²) in [6.07, 6.45) is 3.13. The highest BCUT2D eigenvalue weighted by atomic mass is 32.2. The molecule has 0 radical (unpaired) electrons. The molecule has 0 saturated carbocycles. The second kappa shape index (κ2) is 6.58. The summed E-state index contributed by atoms with van der Waals surface area (Å²) in [6.45, 7) is 4.98. The molecule has 0 aliphatic carbocycles. The Morgan fingerprint density at radius 1 is 1.39 bits per heavy atom. The second-order valence-electron chi connectivity index (χ2n) is 5.91. The van der Waals surface area contributed by atoms with Crippen LogP contribution in [0.15, 0.2) is 17.3 Å². The molecule has 2 aliphatic heterocycles. The standard InChI is InChI=1S/C14H23N5O3S/c1-2-19-14(5-6-16-19)23(21,22)17-8-3-4-12(11-17)18-9-7-15-10-13(18)20/h5-6,12,15H,2-4,7-11H2,1H3. The second-order valence-corrected chi connectivity index (χ2v) is 7.79. The number of rotatable bonds is 4. The molecule has 9 heteroatoms. The van der Waals surface area contributed by atoms with Gasteiger partial charge in [0, 0.05) is 38.8 Å². The van der Waals surface area contributed by atoms with Crippen LogP contribution >= 0.6 is 0 Å². The molecule has 128 valence electrons. The first-order valence-corrected chi connectivity index (χ1v) is 9.50. The van der Waals surface area contributed by atoms with Crippen molar-refractivity contribution < 1.29 is 13.2 Å². The van der Waals surface area contributed by atoms with E-state index >= 15 is 0 Å². The van der Waals surface area contributed by atoms with Crippen LogP contribution in [0, 0.1) is 0 Å². The Morgan fingerprint density at radius 2 is 2.22 bits per heavy atom. The summed E-state index contributed by atoms with van der Waals surface area (Å²) < 4.78 is 28.8. The van der Waals surface area contributed by atoms with Gasteiger partial charge in [0.05, 0.1) is 12.7 Å². The van der Waals surface area contributed by atoms with Gasteiger partial charge in [-0.3, -0.25) is 9.48 Å². The molecular formula is C14H23N5O3S. The zero-order valence-electron chi connectivity index (χ0n) is 13.3. The summed E-state index contributed by atoms with van der Waals surface area (Å²) in [5.74, 6) is 0.0547. The predicted molar refractivity (Wildman–Crippen MR) is 84.3 cm³/mol. The van der Waals surface area contributed by atoms with Gasteiger partial charge in [-0.2, -0.15) is 9.40 Å². The first-order chi connectivity index (χ1) is 11.0. The third kappa shape index (κ3) is 3.13. The van der Waals surface area contributed by atoms with Crippen molar-refractivity contribution in [3.05, 3.63) is 12.3 Å². The summed E-state index contributed by atoms with van der Waals surface area (Å²) >= 11 is 0. The first kappa shape index (κ1) is 16.4. The molecule has 0 bridgehead atoms. The number of hydrogen-bond donors (Lipinski definition) is 1. The van der Waals surface area contributed by atoms with Gasteiger partial charge in [-0.05, 0) is 25.8 Å². The van der Waals surface area contributed by atoms with Crippen molar-refractivity contribution in [1.82, 2.24) is 24.3 Å². The third-order valence-corrected chi connectivity index (χ3v) is 6.39. The molecule has 8 nitrogen and oxygen atoms in total. The lowest BCUT2D eigenvalue weighted by atomic mass is 10.1. The minimum absolute atomic E-state index is 0.0360. The molecule has 2 aliphatic rings. The topological polar surface area (TPSA) is 87.5 Å².